The minimum Gasteiger partial charge on any atom is -0.481 e. The molecule has 0 fully saturated rings. The molecule has 0 unspecified atom stereocenters. The second-order valence-corrected chi connectivity index (χ2v) is 5.59. The number of nitrogens with one attached hydrogen (secondary N) is 2. The number of carboxylic acid groups (broad SMARTS) is 1. The number of hydrogen-bond acceptors (Lipinski definition) is 3. The summed E-state index contributed by atoms with van der Waals surface area (Å²) in [4.78, 5) is 35.3. The van der Waals surface area contributed by atoms with E-state index in [1.165, 1.54) is 11.9 Å². The Morgan fingerprint density at radius 2 is 1.81 bits per heavy atom. The fraction of sp³-hybridized carbons (Fsp3) is 0.786. The maximum Gasteiger partial charge on any atom is 0.317 e. The van der Waals surface area contributed by atoms with E-state index in [9.17, 15) is 14.4 Å². The van der Waals surface area contributed by atoms with Crippen molar-refractivity contribution >= 4 is 17.9 Å². The van der Waals surface area contributed by atoms with Gasteiger partial charge in [0.25, 0.3) is 0 Å². The minimum absolute atomic E-state index is 0.0204. The molecule has 0 spiro atoms. The summed E-state index contributed by atoms with van der Waals surface area (Å²) in [5, 5.41) is 14.2. The Kier molecular flexibility index (Phi) is 9.16. The molecule has 0 aliphatic rings. The second-order valence-electron chi connectivity index (χ2n) is 5.59. The maximum atomic E-state index is 11.8. The summed E-state index contributed by atoms with van der Waals surface area (Å²) in [6.07, 6.45) is 0.755. The van der Waals surface area contributed by atoms with Gasteiger partial charge in [0.15, 0.2) is 0 Å². The fourth-order valence-corrected chi connectivity index (χ4v) is 2.06. The van der Waals surface area contributed by atoms with Crippen LogP contribution in [-0.2, 0) is 9.59 Å². The van der Waals surface area contributed by atoms with E-state index in [1.54, 1.807) is 6.92 Å². The van der Waals surface area contributed by atoms with Crippen LogP contribution in [0.25, 0.3) is 0 Å². The zero-order chi connectivity index (χ0) is 16.4. The molecule has 0 aliphatic heterocycles. The number of rotatable bonds is 9. The lowest BCUT2D eigenvalue weighted by Gasteiger charge is -2.21. The highest BCUT2D eigenvalue weighted by Crippen LogP contribution is 2.14. The van der Waals surface area contributed by atoms with E-state index in [2.05, 4.69) is 10.6 Å². The van der Waals surface area contributed by atoms with Gasteiger partial charge in [0.1, 0.15) is 6.54 Å². The van der Waals surface area contributed by atoms with Gasteiger partial charge in [-0.3, -0.25) is 9.59 Å². The summed E-state index contributed by atoms with van der Waals surface area (Å²) < 4.78 is 0. The molecule has 3 amide bonds. The Morgan fingerprint density at radius 3 is 2.29 bits per heavy atom. The fourth-order valence-electron chi connectivity index (χ4n) is 2.06. The van der Waals surface area contributed by atoms with Crippen molar-refractivity contribution in [2.75, 3.05) is 26.7 Å². The number of nitrogens with zero attached hydrogens (tertiary/aromatic N) is 1. The third kappa shape index (κ3) is 9.70. The SMILES string of the molecule is CCNC(=O)CN(C)C(=O)NC[C@H](CC(=O)O)CC(C)C. The van der Waals surface area contributed by atoms with Gasteiger partial charge >= 0.3 is 12.0 Å². The Labute approximate surface area is 126 Å². The van der Waals surface area contributed by atoms with Gasteiger partial charge in [-0.25, -0.2) is 4.79 Å². The van der Waals surface area contributed by atoms with Crippen LogP contribution >= 0.6 is 0 Å². The van der Waals surface area contributed by atoms with Crippen molar-refractivity contribution in [3.05, 3.63) is 0 Å². The highest BCUT2D eigenvalue weighted by molar-refractivity contribution is 5.83. The summed E-state index contributed by atoms with van der Waals surface area (Å²) in [5.74, 6) is -0.839. The topological polar surface area (TPSA) is 98.7 Å². The number of likely N-dealkylation sites (N-methyl/N-ethyl adjacent to an activating group) is 2. The van der Waals surface area contributed by atoms with Gasteiger partial charge in [-0.15, -0.1) is 0 Å². The highest BCUT2D eigenvalue weighted by Gasteiger charge is 2.18. The molecule has 0 aromatic carbocycles. The van der Waals surface area contributed by atoms with Gasteiger partial charge in [-0.1, -0.05) is 13.8 Å². The first-order valence-corrected chi connectivity index (χ1v) is 7.23. The average molecular weight is 301 g/mol. The van der Waals surface area contributed by atoms with Crippen molar-refractivity contribution in [1.82, 2.24) is 15.5 Å². The largest absolute Gasteiger partial charge is 0.481 e. The molecule has 0 rings (SSSR count). The normalized spacial score (nSPS) is 11.9. The molecular weight excluding hydrogens is 274 g/mol. The summed E-state index contributed by atoms with van der Waals surface area (Å²) in [6, 6.07) is -0.375. The van der Waals surface area contributed by atoms with Crippen molar-refractivity contribution in [1.29, 1.82) is 0 Å². The third-order valence-electron chi connectivity index (χ3n) is 2.91. The Morgan fingerprint density at radius 1 is 1.19 bits per heavy atom. The summed E-state index contributed by atoms with van der Waals surface area (Å²) in [5.41, 5.74) is 0. The number of urea groups is 1. The molecule has 0 bridgehead atoms. The van der Waals surface area contributed by atoms with E-state index in [4.69, 9.17) is 5.11 Å². The van der Waals surface area contributed by atoms with Crippen LogP contribution in [0.15, 0.2) is 0 Å². The van der Waals surface area contributed by atoms with Crippen LogP contribution in [0.2, 0.25) is 0 Å². The van der Waals surface area contributed by atoms with E-state index < -0.39 is 5.97 Å². The van der Waals surface area contributed by atoms with Crippen molar-refractivity contribution in [2.24, 2.45) is 11.8 Å². The summed E-state index contributed by atoms with van der Waals surface area (Å²) in [6.45, 7) is 6.62. The minimum atomic E-state index is -0.870. The first-order valence-electron chi connectivity index (χ1n) is 7.23. The van der Waals surface area contributed by atoms with Crippen molar-refractivity contribution in [2.45, 2.75) is 33.6 Å². The molecule has 0 aromatic heterocycles. The lowest BCUT2D eigenvalue weighted by Crippen LogP contribution is -2.44. The molecule has 3 N–H and O–H groups in total. The average Bonchev–Trinajstić information content (AvgIpc) is 2.34. The molecule has 7 nitrogen and oxygen atoms in total. The molecule has 1 atom stereocenters. The zero-order valence-corrected chi connectivity index (χ0v) is 13.3. The monoisotopic (exact) mass is 301 g/mol. The molecule has 0 radical (unpaired) electrons. The van der Waals surface area contributed by atoms with Gasteiger partial charge in [0, 0.05) is 26.6 Å². The third-order valence-corrected chi connectivity index (χ3v) is 2.91. The number of hydrogen-bond donors (Lipinski definition) is 3. The van der Waals surface area contributed by atoms with Crippen molar-refractivity contribution in [3.63, 3.8) is 0 Å². The van der Waals surface area contributed by atoms with E-state index in [0.717, 1.165) is 6.42 Å². The number of amides is 3. The molecule has 7 heteroatoms. The van der Waals surface area contributed by atoms with Gasteiger partial charge in [0.05, 0.1) is 0 Å². The standard InChI is InChI=1S/C14H27N3O4/c1-5-15-12(18)9-17(4)14(21)16-8-11(6-10(2)3)7-13(19)20/h10-11H,5-9H2,1-4H3,(H,15,18)(H,16,21)(H,19,20)/t11-/m0/s1. The van der Waals surface area contributed by atoms with Crippen LogP contribution in [0, 0.1) is 11.8 Å². The highest BCUT2D eigenvalue weighted by atomic mass is 16.4. The molecule has 0 aliphatic carbocycles. The van der Waals surface area contributed by atoms with Gasteiger partial charge in [-0.2, -0.15) is 0 Å². The summed E-state index contributed by atoms with van der Waals surface area (Å²) >= 11 is 0. The number of carboxylic acids is 1. The number of carbonyl (C=O) groups excluding carboxylic acids is 2. The Balaban J connectivity index is 4.27. The maximum absolute atomic E-state index is 11.8. The van der Waals surface area contributed by atoms with Crippen LogP contribution < -0.4 is 10.6 Å². The van der Waals surface area contributed by atoms with Crippen LogP contribution in [-0.4, -0.2) is 54.6 Å². The predicted octanol–water partition coefficient (Wildman–Crippen LogP) is 0.901. The Hall–Kier alpha value is -1.79. The van der Waals surface area contributed by atoms with E-state index in [-0.39, 0.29) is 30.8 Å². The van der Waals surface area contributed by atoms with Crippen molar-refractivity contribution in [3.8, 4) is 0 Å². The van der Waals surface area contributed by atoms with Crippen molar-refractivity contribution < 1.29 is 19.5 Å². The summed E-state index contributed by atoms with van der Waals surface area (Å²) in [7, 11) is 1.53. The van der Waals surface area contributed by atoms with Gasteiger partial charge < -0.3 is 20.6 Å². The van der Waals surface area contributed by atoms with Crippen LogP contribution in [0.3, 0.4) is 0 Å². The second kappa shape index (κ2) is 10.0. The smallest absolute Gasteiger partial charge is 0.317 e. The number of carbonyl (C=O) groups is 3. The van der Waals surface area contributed by atoms with Gasteiger partial charge in [0.2, 0.25) is 5.91 Å². The van der Waals surface area contributed by atoms with E-state index in [0.29, 0.717) is 19.0 Å². The van der Waals surface area contributed by atoms with E-state index in [1.807, 2.05) is 13.8 Å². The first-order chi connectivity index (χ1) is 9.76. The zero-order valence-electron chi connectivity index (χ0n) is 13.3. The van der Waals surface area contributed by atoms with E-state index >= 15 is 0 Å². The van der Waals surface area contributed by atoms with Crippen LogP contribution in [0.4, 0.5) is 4.79 Å². The molecule has 122 valence electrons. The number of aliphatic carboxylic acids is 1. The quantitative estimate of drug-likeness (QED) is 0.589. The van der Waals surface area contributed by atoms with Crippen LogP contribution in [0.5, 0.6) is 0 Å². The molecular formula is C14H27N3O4. The molecule has 0 saturated heterocycles. The predicted molar refractivity (Wildman–Crippen MR) is 79.9 cm³/mol. The van der Waals surface area contributed by atoms with Gasteiger partial charge in [-0.05, 0) is 25.2 Å². The first kappa shape index (κ1) is 19.2. The Bertz CT molecular complexity index is 358. The lowest BCUT2D eigenvalue weighted by atomic mass is 9.94. The molecule has 0 aromatic rings. The molecule has 21 heavy (non-hydrogen) atoms. The van der Waals surface area contributed by atoms with Crippen LogP contribution in [0.1, 0.15) is 33.6 Å². The lowest BCUT2D eigenvalue weighted by molar-refractivity contribution is -0.138. The molecule has 0 heterocycles. The molecule has 0 saturated carbocycles.